The van der Waals surface area contributed by atoms with Crippen LogP contribution in [0.1, 0.15) is 25.3 Å². The quantitative estimate of drug-likeness (QED) is 0.808. The summed E-state index contributed by atoms with van der Waals surface area (Å²) in [7, 11) is 1.54. The number of nitrogens with zero attached hydrogens (tertiary/aromatic N) is 3. The molecule has 3 atom stereocenters. The van der Waals surface area contributed by atoms with Crippen LogP contribution < -0.4 is 11.3 Å². The van der Waals surface area contributed by atoms with E-state index in [0.717, 1.165) is 6.20 Å². The summed E-state index contributed by atoms with van der Waals surface area (Å²) >= 11 is 0. The Hall–Kier alpha value is -2.48. The predicted molar refractivity (Wildman–Crippen MR) is 95.1 cm³/mol. The third-order valence-corrected chi connectivity index (χ3v) is 5.14. The smallest absolute Gasteiger partial charge is 0.251 e. The SMILES string of the molecule is C=CCCn1cc(F)c([C@]23CO[C@@H](C)CC2C(=O)N(C)C(N)=N3)cc1=O. The fraction of sp³-hybridized carbons (Fsp3) is 0.500. The maximum Gasteiger partial charge on any atom is 0.251 e. The van der Waals surface area contributed by atoms with E-state index in [1.54, 1.807) is 6.08 Å². The van der Waals surface area contributed by atoms with Crippen molar-refractivity contribution in [2.45, 2.75) is 38.0 Å². The van der Waals surface area contributed by atoms with Crippen molar-refractivity contribution in [3.63, 3.8) is 0 Å². The number of amides is 1. The van der Waals surface area contributed by atoms with Gasteiger partial charge in [-0.15, -0.1) is 6.58 Å². The van der Waals surface area contributed by atoms with Crippen LogP contribution >= 0.6 is 0 Å². The van der Waals surface area contributed by atoms with Gasteiger partial charge in [0.15, 0.2) is 5.96 Å². The monoisotopic (exact) mass is 362 g/mol. The number of allylic oxidation sites excluding steroid dienone is 1. The summed E-state index contributed by atoms with van der Waals surface area (Å²) in [6.07, 6.45) is 3.56. The zero-order chi connectivity index (χ0) is 19.1. The molecule has 0 aliphatic carbocycles. The van der Waals surface area contributed by atoms with Gasteiger partial charge < -0.3 is 15.0 Å². The Bertz CT molecular complexity index is 834. The number of hydrogen-bond donors (Lipinski definition) is 1. The Morgan fingerprint density at radius 3 is 2.96 bits per heavy atom. The van der Waals surface area contributed by atoms with Gasteiger partial charge in [0, 0.05) is 31.4 Å². The van der Waals surface area contributed by atoms with Crippen LogP contribution in [0.15, 0.2) is 34.7 Å². The van der Waals surface area contributed by atoms with Gasteiger partial charge in [-0.25, -0.2) is 9.38 Å². The number of ether oxygens (including phenoxy) is 1. The van der Waals surface area contributed by atoms with Crippen LogP contribution in [0.25, 0.3) is 0 Å². The van der Waals surface area contributed by atoms with Crippen molar-refractivity contribution in [3.05, 3.63) is 46.7 Å². The van der Waals surface area contributed by atoms with E-state index in [0.29, 0.717) is 19.4 Å². The predicted octanol–water partition coefficient (Wildman–Crippen LogP) is 0.970. The minimum atomic E-state index is -1.32. The van der Waals surface area contributed by atoms with Gasteiger partial charge in [0.2, 0.25) is 5.91 Å². The highest BCUT2D eigenvalue weighted by Crippen LogP contribution is 2.44. The molecule has 7 nitrogen and oxygen atoms in total. The molecule has 1 aromatic heterocycles. The van der Waals surface area contributed by atoms with Crippen molar-refractivity contribution in [1.29, 1.82) is 0 Å². The van der Waals surface area contributed by atoms with Gasteiger partial charge >= 0.3 is 0 Å². The summed E-state index contributed by atoms with van der Waals surface area (Å²) in [4.78, 5) is 30.9. The summed E-state index contributed by atoms with van der Waals surface area (Å²) < 4.78 is 22.0. The van der Waals surface area contributed by atoms with Crippen molar-refractivity contribution >= 4 is 11.9 Å². The third-order valence-electron chi connectivity index (χ3n) is 5.14. The molecule has 3 rings (SSSR count). The van der Waals surface area contributed by atoms with Crippen molar-refractivity contribution in [1.82, 2.24) is 9.47 Å². The van der Waals surface area contributed by atoms with Gasteiger partial charge in [-0.05, 0) is 19.8 Å². The maximum absolute atomic E-state index is 15.0. The fourth-order valence-electron chi connectivity index (χ4n) is 3.61. The number of carbonyl (C=O) groups is 1. The van der Waals surface area contributed by atoms with Gasteiger partial charge in [0.25, 0.3) is 5.56 Å². The average Bonchev–Trinajstić information content (AvgIpc) is 2.61. The molecule has 2 N–H and O–H groups in total. The summed E-state index contributed by atoms with van der Waals surface area (Å²) in [6, 6.07) is 1.21. The zero-order valence-corrected chi connectivity index (χ0v) is 14.9. The molecule has 2 aliphatic rings. The van der Waals surface area contributed by atoms with Crippen molar-refractivity contribution in [2.75, 3.05) is 13.7 Å². The lowest BCUT2D eigenvalue weighted by Crippen LogP contribution is -2.59. The van der Waals surface area contributed by atoms with Gasteiger partial charge in [0.1, 0.15) is 11.4 Å². The summed E-state index contributed by atoms with van der Waals surface area (Å²) in [5, 5.41) is 0. The van der Waals surface area contributed by atoms with Crippen LogP contribution in [0.2, 0.25) is 0 Å². The summed E-state index contributed by atoms with van der Waals surface area (Å²) in [5.74, 6) is -1.50. The molecule has 8 heteroatoms. The van der Waals surface area contributed by atoms with E-state index in [-0.39, 0.29) is 35.7 Å². The maximum atomic E-state index is 15.0. The van der Waals surface area contributed by atoms with Gasteiger partial charge in [-0.3, -0.25) is 14.5 Å². The minimum absolute atomic E-state index is 0.00779. The van der Waals surface area contributed by atoms with Crippen LogP contribution in [0.5, 0.6) is 0 Å². The molecule has 1 unspecified atom stereocenters. The van der Waals surface area contributed by atoms with E-state index in [4.69, 9.17) is 10.5 Å². The number of rotatable bonds is 4. The highest BCUT2D eigenvalue weighted by Gasteiger charge is 2.54. The molecule has 0 radical (unpaired) electrons. The van der Waals surface area contributed by atoms with Crippen molar-refractivity contribution in [3.8, 4) is 0 Å². The molecule has 3 heterocycles. The molecule has 1 aromatic rings. The van der Waals surface area contributed by atoms with Crippen LogP contribution in [0, 0.1) is 11.7 Å². The van der Waals surface area contributed by atoms with E-state index in [1.807, 2.05) is 6.92 Å². The molecule has 26 heavy (non-hydrogen) atoms. The molecule has 0 aromatic carbocycles. The Morgan fingerprint density at radius 2 is 2.27 bits per heavy atom. The average molecular weight is 362 g/mol. The van der Waals surface area contributed by atoms with E-state index < -0.39 is 17.3 Å². The number of guanidine groups is 1. The molecule has 1 saturated heterocycles. The molecule has 0 saturated carbocycles. The summed E-state index contributed by atoms with van der Waals surface area (Å²) in [6.45, 7) is 5.77. The fourth-order valence-corrected chi connectivity index (χ4v) is 3.61. The summed E-state index contributed by atoms with van der Waals surface area (Å²) in [5.41, 5.74) is 4.27. The van der Waals surface area contributed by atoms with Crippen LogP contribution in [0.4, 0.5) is 4.39 Å². The lowest BCUT2D eigenvalue weighted by molar-refractivity contribution is -0.144. The molecule has 0 spiro atoms. The van der Waals surface area contributed by atoms with Crippen LogP contribution in [0.3, 0.4) is 0 Å². The highest BCUT2D eigenvalue weighted by atomic mass is 19.1. The number of fused-ring (bicyclic) bond motifs is 1. The molecular formula is C18H23FN4O3. The number of nitrogens with two attached hydrogens (primary N) is 1. The van der Waals surface area contributed by atoms with Crippen LogP contribution in [-0.4, -0.2) is 41.1 Å². The Labute approximate surface area is 151 Å². The molecule has 0 bridgehead atoms. The number of halogens is 1. The molecule has 140 valence electrons. The lowest BCUT2D eigenvalue weighted by atomic mass is 9.73. The Morgan fingerprint density at radius 1 is 1.54 bits per heavy atom. The first-order valence-corrected chi connectivity index (χ1v) is 8.56. The highest BCUT2D eigenvalue weighted by molar-refractivity contribution is 6.00. The van der Waals surface area contributed by atoms with E-state index in [1.165, 1.54) is 22.6 Å². The number of hydrogen-bond acceptors (Lipinski definition) is 5. The topological polar surface area (TPSA) is 89.9 Å². The Kier molecular flexibility index (Phi) is 4.70. The molecule has 1 fully saturated rings. The zero-order valence-electron chi connectivity index (χ0n) is 14.9. The standard InChI is InChI=1S/C18H23FN4O3/c1-4-5-6-23-9-14(19)12(8-15(23)24)18-10-26-11(2)7-13(18)16(25)22(3)17(20)21-18/h4,8-9,11,13H,1,5-7,10H2,2-3H3,(H2,20,21)/t11-,13?,18+/m0/s1. The normalized spacial score (nSPS) is 28.5. The van der Waals surface area contributed by atoms with Crippen molar-refractivity contribution < 1.29 is 13.9 Å². The number of aromatic nitrogens is 1. The molecule has 2 aliphatic heterocycles. The largest absolute Gasteiger partial charge is 0.376 e. The third kappa shape index (κ3) is 2.84. The number of carbonyl (C=O) groups excluding carboxylic acids is 1. The number of pyridine rings is 1. The molecule has 1 amide bonds. The van der Waals surface area contributed by atoms with Gasteiger partial charge in [0.05, 0.1) is 18.6 Å². The number of aryl methyl sites for hydroxylation is 1. The van der Waals surface area contributed by atoms with E-state index >= 15 is 0 Å². The first-order chi connectivity index (χ1) is 12.3. The van der Waals surface area contributed by atoms with Gasteiger partial charge in [-0.2, -0.15) is 0 Å². The second-order valence-electron chi connectivity index (χ2n) is 6.85. The van der Waals surface area contributed by atoms with Gasteiger partial charge in [-0.1, -0.05) is 6.08 Å². The Balaban J connectivity index is 2.15. The lowest BCUT2D eigenvalue weighted by Gasteiger charge is -2.46. The first kappa shape index (κ1) is 18.3. The van der Waals surface area contributed by atoms with Crippen LogP contribution in [-0.2, 0) is 21.6 Å². The van der Waals surface area contributed by atoms with E-state index in [2.05, 4.69) is 11.6 Å². The number of aliphatic imine (C=N–C) groups is 1. The molecular weight excluding hydrogens is 339 g/mol. The second kappa shape index (κ2) is 6.68. The second-order valence-corrected chi connectivity index (χ2v) is 6.85. The van der Waals surface area contributed by atoms with Crippen molar-refractivity contribution in [2.24, 2.45) is 16.6 Å². The van der Waals surface area contributed by atoms with E-state index in [9.17, 15) is 14.0 Å². The first-order valence-electron chi connectivity index (χ1n) is 8.56. The minimum Gasteiger partial charge on any atom is -0.376 e.